The highest BCUT2D eigenvalue weighted by molar-refractivity contribution is 5.68. The maximum absolute atomic E-state index is 13.2. The highest BCUT2D eigenvalue weighted by atomic mass is 19.1. The van der Waals surface area contributed by atoms with Crippen LogP contribution in [0.15, 0.2) is 18.2 Å². The van der Waals surface area contributed by atoms with Gasteiger partial charge in [-0.05, 0) is 12.1 Å². The molecular formula is C12H13FN6O2. The number of nitrogens with one attached hydrogen (secondary N) is 2. The van der Waals surface area contributed by atoms with Crippen LogP contribution in [0.1, 0.15) is 0 Å². The molecule has 1 aliphatic heterocycles. The second-order valence-electron chi connectivity index (χ2n) is 4.64. The number of hydrogen-bond acceptors (Lipinski definition) is 6. The molecule has 0 atom stereocenters. The molecule has 110 valence electrons. The molecule has 1 aliphatic rings. The van der Waals surface area contributed by atoms with Crippen molar-refractivity contribution in [1.82, 2.24) is 20.5 Å². The topological polar surface area (TPSA) is 100.0 Å². The van der Waals surface area contributed by atoms with Crippen LogP contribution in [-0.4, -0.2) is 46.3 Å². The Kier molecular flexibility index (Phi) is 3.48. The van der Waals surface area contributed by atoms with Crippen molar-refractivity contribution in [3.05, 3.63) is 34.1 Å². The number of piperazine rings is 1. The Balaban J connectivity index is 1.94. The largest absolute Gasteiger partial charge is 0.337 e. The molecular weight excluding hydrogens is 279 g/mol. The second-order valence-corrected chi connectivity index (χ2v) is 4.64. The molecule has 8 nitrogen and oxygen atoms in total. The molecule has 9 heteroatoms. The van der Waals surface area contributed by atoms with Crippen LogP contribution in [0, 0.1) is 15.9 Å². The molecule has 1 aromatic carbocycles. The van der Waals surface area contributed by atoms with Gasteiger partial charge in [0.25, 0.3) is 5.69 Å². The van der Waals surface area contributed by atoms with Crippen LogP contribution in [0.3, 0.4) is 0 Å². The zero-order valence-electron chi connectivity index (χ0n) is 11.0. The van der Waals surface area contributed by atoms with Crippen molar-refractivity contribution < 1.29 is 9.31 Å². The summed E-state index contributed by atoms with van der Waals surface area (Å²) in [5, 5.41) is 21.0. The van der Waals surface area contributed by atoms with Crippen LogP contribution < -0.4 is 10.2 Å². The van der Waals surface area contributed by atoms with E-state index in [2.05, 4.69) is 20.5 Å². The van der Waals surface area contributed by atoms with Crippen molar-refractivity contribution in [2.24, 2.45) is 0 Å². The highest BCUT2D eigenvalue weighted by Crippen LogP contribution is 2.28. The van der Waals surface area contributed by atoms with E-state index >= 15 is 0 Å². The van der Waals surface area contributed by atoms with Gasteiger partial charge < -0.3 is 10.2 Å². The second kappa shape index (κ2) is 5.44. The number of nitro groups is 1. The molecule has 0 saturated carbocycles. The normalized spacial score (nSPS) is 15.2. The van der Waals surface area contributed by atoms with Crippen molar-refractivity contribution in [3.8, 4) is 11.4 Å². The summed E-state index contributed by atoms with van der Waals surface area (Å²) in [6, 6.07) is 3.37. The molecule has 3 rings (SSSR count). The van der Waals surface area contributed by atoms with E-state index in [0.717, 1.165) is 38.3 Å². The first kappa shape index (κ1) is 13.4. The molecule has 1 aromatic heterocycles. The summed E-state index contributed by atoms with van der Waals surface area (Å²) in [6.07, 6.45) is 0. The Morgan fingerprint density at radius 1 is 1.33 bits per heavy atom. The third-order valence-electron chi connectivity index (χ3n) is 3.29. The molecule has 2 N–H and O–H groups in total. The summed E-state index contributed by atoms with van der Waals surface area (Å²) < 4.78 is 13.2. The van der Waals surface area contributed by atoms with Crippen LogP contribution in [0.2, 0.25) is 0 Å². The Morgan fingerprint density at radius 3 is 2.81 bits per heavy atom. The molecule has 0 spiro atoms. The summed E-state index contributed by atoms with van der Waals surface area (Å²) in [5.74, 6) is 0.0904. The lowest BCUT2D eigenvalue weighted by Crippen LogP contribution is -2.44. The smallest absolute Gasteiger partial charge is 0.283 e. The Bertz CT molecular complexity index is 668. The number of benzene rings is 1. The minimum absolute atomic E-state index is 0.218. The Morgan fingerprint density at radius 2 is 2.10 bits per heavy atom. The van der Waals surface area contributed by atoms with Crippen molar-refractivity contribution >= 4 is 11.6 Å². The summed E-state index contributed by atoms with van der Waals surface area (Å²) in [7, 11) is 0. The van der Waals surface area contributed by atoms with Gasteiger partial charge >= 0.3 is 0 Å². The number of rotatable bonds is 3. The molecule has 1 fully saturated rings. The van der Waals surface area contributed by atoms with Crippen LogP contribution in [-0.2, 0) is 0 Å². The van der Waals surface area contributed by atoms with Gasteiger partial charge in [-0.1, -0.05) is 0 Å². The number of aromatic amines is 1. The van der Waals surface area contributed by atoms with Crippen molar-refractivity contribution in [3.63, 3.8) is 0 Å². The zero-order chi connectivity index (χ0) is 14.8. The highest BCUT2D eigenvalue weighted by Gasteiger charge is 2.21. The number of H-pyrrole nitrogens is 1. The predicted octanol–water partition coefficient (Wildman–Crippen LogP) is 0.929. The van der Waals surface area contributed by atoms with Gasteiger partial charge in [-0.25, -0.2) is 4.39 Å². The summed E-state index contributed by atoms with van der Waals surface area (Å²) >= 11 is 0. The van der Waals surface area contributed by atoms with Gasteiger partial charge in [0.1, 0.15) is 5.82 Å². The van der Waals surface area contributed by atoms with Gasteiger partial charge in [0.15, 0.2) is 5.82 Å². The van der Waals surface area contributed by atoms with Gasteiger partial charge in [-0.3, -0.25) is 15.2 Å². The lowest BCUT2D eigenvalue weighted by atomic mass is 10.1. The number of nitro benzene ring substituents is 1. The fourth-order valence-electron chi connectivity index (χ4n) is 2.24. The van der Waals surface area contributed by atoms with E-state index in [1.165, 1.54) is 6.07 Å². The predicted molar refractivity (Wildman–Crippen MR) is 73.5 cm³/mol. The summed E-state index contributed by atoms with van der Waals surface area (Å²) in [6.45, 7) is 3.20. The lowest BCUT2D eigenvalue weighted by Gasteiger charge is -2.25. The summed E-state index contributed by atoms with van der Waals surface area (Å²) in [5.41, 5.74) is -0.117. The Hall–Kier alpha value is -2.55. The number of nitrogens with zero attached hydrogens (tertiary/aromatic N) is 4. The maximum Gasteiger partial charge on any atom is 0.283 e. The third kappa shape index (κ3) is 2.68. The van der Waals surface area contributed by atoms with E-state index in [1.54, 1.807) is 0 Å². The standard InChI is InChI=1S/C12H13FN6O2/c13-8-1-2-9(10(7-8)19(20)21)11-15-12(17-16-11)18-5-3-14-4-6-18/h1-2,7,14H,3-6H2,(H,15,16,17). The molecule has 21 heavy (non-hydrogen) atoms. The number of anilines is 1. The van der Waals surface area contributed by atoms with Crippen LogP contribution in [0.25, 0.3) is 11.4 Å². The van der Waals surface area contributed by atoms with Gasteiger partial charge in [0.05, 0.1) is 16.6 Å². The summed E-state index contributed by atoms with van der Waals surface area (Å²) in [4.78, 5) is 16.6. The van der Waals surface area contributed by atoms with Gasteiger partial charge in [-0.15, -0.1) is 5.10 Å². The van der Waals surface area contributed by atoms with Crippen molar-refractivity contribution in [2.75, 3.05) is 31.1 Å². The monoisotopic (exact) mass is 292 g/mol. The van der Waals surface area contributed by atoms with E-state index in [1.807, 2.05) is 4.90 Å². The number of hydrogen-bond donors (Lipinski definition) is 2. The van der Waals surface area contributed by atoms with E-state index in [0.29, 0.717) is 5.95 Å². The van der Waals surface area contributed by atoms with E-state index in [-0.39, 0.29) is 17.1 Å². The molecule has 1 saturated heterocycles. The lowest BCUT2D eigenvalue weighted by molar-refractivity contribution is -0.384. The first-order valence-corrected chi connectivity index (χ1v) is 6.47. The SMILES string of the molecule is O=[N+]([O-])c1cc(F)ccc1-c1nc(N2CCNCC2)n[nH]1. The molecule has 0 aliphatic carbocycles. The van der Waals surface area contributed by atoms with Crippen LogP contribution >= 0.6 is 0 Å². The molecule has 0 radical (unpaired) electrons. The first-order chi connectivity index (χ1) is 10.1. The first-order valence-electron chi connectivity index (χ1n) is 6.47. The molecule has 0 bridgehead atoms. The van der Waals surface area contributed by atoms with Crippen LogP contribution in [0.5, 0.6) is 0 Å². The molecule has 0 amide bonds. The average molecular weight is 292 g/mol. The Labute approximate surface area is 119 Å². The fourth-order valence-corrected chi connectivity index (χ4v) is 2.24. The van der Waals surface area contributed by atoms with E-state index < -0.39 is 10.7 Å². The molecule has 2 aromatic rings. The average Bonchev–Trinajstić information content (AvgIpc) is 2.97. The van der Waals surface area contributed by atoms with E-state index in [9.17, 15) is 14.5 Å². The van der Waals surface area contributed by atoms with Gasteiger partial charge in [0, 0.05) is 26.2 Å². The maximum atomic E-state index is 13.2. The third-order valence-corrected chi connectivity index (χ3v) is 3.29. The van der Waals surface area contributed by atoms with Crippen LogP contribution in [0.4, 0.5) is 16.0 Å². The fraction of sp³-hybridized carbons (Fsp3) is 0.333. The minimum Gasteiger partial charge on any atom is -0.337 e. The number of halogens is 1. The van der Waals surface area contributed by atoms with Gasteiger partial charge in [-0.2, -0.15) is 4.98 Å². The molecule has 0 unspecified atom stereocenters. The number of aromatic nitrogens is 3. The minimum atomic E-state index is -0.660. The van der Waals surface area contributed by atoms with Crippen molar-refractivity contribution in [2.45, 2.75) is 0 Å². The van der Waals surface area contributed by atoms with Gasteiger partial charge in [0.2, 0.25) is 5.95 Å². The molecule has 2 heterocycles. The van der Waals surface area contributed by atoms with E-state index in [4.69, 9.17) is 0 Å². The quantitative estimate of drug-likeness (QED) is 0.645. The van der Waals surface area contributed by atoms with Crippen molar-refractivity contribution in [1.29, 1.82) is 0 Å². The zero-order valence-corrected chi connectivity index (χ0v) is 11.0.